The molecular weight excluding hydrogens is 406 g/mol. The predicted octanol–water partition coefficient (Wildman–Crippen LogP) is 3.60. The number of rotatable bonds is 8. The molecule has 0 unspecified atom stereocenters. The van der Waals surface area contributed by atoms with Crippen molar-refractivity contribution in [3.63, 3.8) is 0 Å². The van der Waals surface area contributed by atoms with Crippen LogP contribution < -0.4 is 20.5 Å². The molecule has 2 amide bonds. The summed E-state index contributed by atoms with van der Waals surface area (Å²) < 4.78 is 11.0. The highest BCUT2D eigenvalue weighted by Crippen LogP contribution is 2.25. The van der Waals surface area contributed by atoms with Crippen molar-refractivity contribution in [2.24, 2.45) is 5.73 Å². The number of aromatic nitrogens is 1. The number of primary amides is 1. The van der Waals surface area contributed by atoms with E-state index in [0.29, 0.717) is 22.9 Å². The summed E-state index contributed by atoms with van der Waals surface area (Å²) in [5, 5.41) is 3.14. The molecule has 0 aliphatic rings. The molecule has 3 aromatic rings. The molecule has 30 heavy (non-hydrogen) atoms. The second kappa shape index (κ2) is 9.76. The standard InChI is InChI=1S/C22H20ClN3O4/c1-29-17-7-4-14(5-8-17)13-30-19-9-6-16(23)11-15(19)12-20(27)26-18-3-2-10-25-21(18)22(24)28/h2-11H,12-13H2,1H3,(H2,24,28)(H,26,27). The Morgan fingerprint density at radius 1 is 1.13 bits per heavy atom. The van der Waals surface area contributed by atoms with Crippen LogP contribution in [0.3, 0.4) is 0 Å². The van der Waals surface area contributed by atoms with Gasteiger partial charge in [-0.3, -0.25) is 9.59 Å². The molecule has 0 atom stereocenters. The minimum absolute atomic E-state index is 0.00655. The second-order valence-electron chi connectivity index (χ2n) is 6.38. The maximum absolute atomic E-state index is 12.6. The zero-order chi connectivity index (χ0) is 21.5. The molecule has 0 radical (unpaired) electrons. The number of ether oxygens (including phenoxy) is 2. The lowest BCUT2D eigenvalue weighted by molar-refractivity contribution is -0.115. The number of nitrogens with zero attached hydrogens (tertiary/aromatic N) is 1. The smallest absolute Gasteiger partial charge is 0.269 e. The molecule has 7 nitrogen and oxygen atoms in total. The Hall–Kier alpha value is -3.58. The molecule has 0 aliphatic carbocycles. The number of benzene rings is 2. The van der Waals surface area contributed by atoms with Crippen molar-refractivity contribution in [1.29, 1.82) is 0 Å². The average Bonchev–Trinajstić information content (AvgIpc) is 2.73. The molecule has 154 valence electrons. The third-order valence-corrected chi connectivity index (χ3v) is 4.48. The number of anilines is 1. The fourth-order valence-corrected chi connectivity index (χ4v) is 2.97. The van der Waals surface area contributed by atoms with E-state index in [1.165, 1.54) is 6.20 Å². The largest absolute Gasteiger partial charge is 0.497 e. The Morgan fingerprint density at radius 2 is 1.90 bits per heavy atom. The Kier molecular flexibility index (Phi) is 6.87. The van der Waals surface area contributed by atoms with Gasteiger partial charge in [-0.15, -0.1) is 0 Å². The van der Waals surface area contributed by atoms with Crippen molar-refractivity contribution in [1.82, 2.24) is 4.98 Å². The molecule has 0 aliphatic heterocycles. The van der Waals surface area contributed by atoms with E-state index < -0.39 is 5.91 Å². The van der Waals surface area contributed by atoms with Crippen molar-refractivity contribution in [3.05, 3.63) is 82.6 Å². The van der Waals surface area contributed by atoms with Gasteiger partial charge in [0.2, 0.25) is 5.91 Å². The van der Waals surface area contributed by atoms with Crippen LogP contribution in [-0.2, 0) is 17.8 Å². The number of hydrogen-bond donors (Lipinski definition) is 2. The number of nitrogens with one attached hydrogen (secondary N) is 1. The lowest BCUT2D eigenvalue weighted by atomic mass is 10.1. The van der Waals surface area contributed by atoms with Crippen molar-refractivity contribution >= 4 is 29.1 Å². The summed E-state index contributed by atoms with van der Waals surface area (Å²) in [6.07, 6.45) is 1.42. The summed E-state index contributed by atoms with van der Waals surface area (Å²) in [5.41, 5.74) is 7.10. The number of carbonyl (C=O) groups is 2. The Bertz CT molecular complexity index is 1050. The van der Waals surface area contributed by atoms with Crippen molar-refractivity contribution in [2.75, 3.05) is 12.4 Å². The molecule has 0 spiro atoms. The van der Waals surface area contributed by atoms with Crippen LogP contribution in [0.15, 0.2) is 60.8 Å². The van der Waals surface area contributed by atoms with Crippen LogP contribution in [-0.4, -0.2) is 23.9 Å². The van der Waals surface area contributed by atoms with Crippen molar-refractivity contribution in [2.45, 2.75) is 13.0 Å². The summed E-state index contributed by atoms with van der Waals surface area (Å²) in [7, 11) is 1.61. The second-order valence-corrected chi connectivity index (χ2v) is 6.81. The quantitative estimate of drug-likeness (QED) is 0.573. The minimum atomic E-state index is -0.725. The average molecular weight is 426 g/mol. The molecule has 0 saturated carbocycles. The van der Waals surface area contributed by atoms with E-state index in [9.17, 15) is 9.59 Å². The van der Waals surface area contributed by atoms with Crippen LogP contribution in [0.2, 0.25) is 5.02 Å². The lowest BCUT2D eigenvalue weighted by Crippen LogP contribution is -2.20. The van der Waals surface area contributed by atoms with E-state index >= 15 is 0 Å². The van der Waals surface area contributed by atoms with E-state index in [2.05, 4.69) is 10.3 Å². The van der Waals surface area contributed by atoms with E-state index in [1.807, 2.05) is 24.3 Å². The number of halogens is 1. The molecule has 1 aromatic heterocycles. The van der Waals surface area contributed by atoms with Gasteiger partial charge >= 0.3 is 0 Å². The predicted molar refractivity (Wildman–Crippen MR) is 114 cm³/mol. The van der Waals surface area contributed by atoms with Gasteiger partial charge in [-0.1, -0.05) is 23.7 Å². The Morgan fingerprint density at radius 3 is 2.60 bits per heavy atom. The molecule has 3 rings (SSSR count). The highest BCUT2D eigenvalue weighted by Gasteiger charge is 2.15. The number of pyridine rings is 1. The summed E-state index contributed by atoms with van der Waals surface area (Å²) in [6, 6.07) is 15.7. The first-order valence-electron chi connectivity index (χ1n) is 9.05. The fraction of sp³-hybridized carbons (Fsp3) is 0.136. The van der Waals surface area contributed by atoms with Crippen LogP contribution >= 0.6 is 11.6 Å². The van der Waals surface area contributed by atoms with Crippen LogP contribution in [0.4, 0.5) is 5.69 Å². The maximum atomic E-state index is 12.6. The first-order chi connectivity index (χ1) is 14.5. The number of amides is 2. The third kappa shape index (κ3) is 5.48. The summed E-state index contributed by atoms with van der Waals surface area (Å²) in [4.78, 5) is 27.9. The molecule has 0 saturated heterocycles. The van der Waals surface area contributed by atoms with Gasteiger partial charge < -0.3 is 20.5 Å². The first kappa shape index (κ1) is 21.1. The van der Waals surface area contributed by atoms with Gasteiger partial charge in [0.1, 0.15) is 18.1 Å². The van der Waals surface area contributed by atoms with Gasteiger partial charge in [-0.25, -0.2) is 4.98 Å². The molecule has 0 fully saturated rings. The van der Waals surface area contributed by atoms with E-state index in [1.54, 1.807) is 37.4 Å². The minimum Gasteiger partial charge on any atom is -0.497 e. The van der Waals surface area contributed by atoms with Crippen LogP contribution in [0.1, 0.15) is 21.6 Å². The van der Waals surface area contributed by atoms with Gasteiger partial charge in [0.05, 0.1) is 19.2 Å². The lowest BCUT2D eigenvalue weighted by Gasteiger charge is -2.13. The Labute approximate surface area is 178 Å². The van der Waals surface area contributed by atoms with Gasteiger partial charge in [0.25, 0.3) is 5.91 Å². The van der Waals surface area contributed by atoms with Crippen molar-refractivity contribution in [3.8, 4) is 11.5 Å². The highest BCUT2D eigenvalue weighted by atomic mass is 35.5. The van der Waals surface area contributed by atoms with Gasteiger partial charge in [-0.2, -0.15) is 0 Å². The Balaban J connectivity index is 1.71. The van der Waals surface area contributed by atoms with E-state index in [0.717, 1.165) is 11.3 Å². The monoisotopic (exact) mass is 425 g/mol. The van der Waals surface area contributed by atoms with Gasteiger partial charge in [0, 0.05) is 16.8 Å². The van der Waals surface area contributed by atoms with Crippen LogP contribution in [0, 0.1) is 0 Å². The molecule has 2 aromatic carbocycles. The summed E-state index contributed by atoms with van der Waals surface area (Å²) >= 11 is 6.11. The van der Waals surface area contributed by atoms with Crippen LogP contribution in [0.5, 0.6) is 11.5 Å². The third-order valence-electron chi connectivity index (χ3n) is 4.24. The SMILES string of the molecule is COc1ccc(COc2ccc(Cl)cc2CC(=O)Nc2cccnc2C(N)=O)cc1. The van der Waals surface area contributed by atoms with Crippen LogP contribution in [0.25, 0.3) is 0 Å². The number of hydrogen-bond acceptors (Lipinski definition) is 5. The summed E-state index contributed by atoms with van der Waals surface area (Å²) in [5.74, 6) is 0.208. The molecule has 1 heterocycles. The highest BCUT2D eigenvalue weighted by molar-refractivity contribution is 6.30. The number of nitrogens with two attached hydrogens (primary N) is 1. The molecular formula is C22H20ClN3O4. The van der Waals surface area contributed by atoms with E-state index in [-0.39, 0.29) is 23.7 Å². The molecule has 0 bridgehead atoms. The van der Waals surface area contributed by atoms with E-state index in [4.69, 9.17) is 26.8 Å². The molecule has 8 heteroatoms. The zero-order valence-corrected chi connectivity index (χ0v) is 17.0. The van der Waals surface area contributed by atoms with Crippen molar-refractivity contribution < 1.29 is 19.1 Å². The van der Waals surface area contributed by atoms with Gasteiger partial charge in [0.15, 0.2) is 5.69 Å². The molecule has 3 N–H and O–H groups in total. The fourth-order valence-electron chi connectivity index (χ4n) is 2.78. The summed E-state index contributed by atoms with van der Waals surface area (Å²) in [6.45, 7) is 0.314. The number of carbonyl (C=O) groups excluding carboxylic acids is 2. The number of methoxy groups -OCH3 is 1. The zero-order valence-electron chi connectivity index (χ0n) is 16.2. The van der Waals surface area contributed by atoms with Gasteiger partial charge in [-0.05, 0) is 48.0 Å². The normalized spacial score (nSPS) is 10.3. The maximum Gasteiger partial charge on any atom is 0.269 e. The topological polar surface area (TPSA) is 104 Å². The first-order valence-corrected chi connectivity index (χ1v) is 9.43.